The fourth-order valence-electron chi connectivity index (χ4n) is 2.29. The van der Waals surface area contributed by atoms with Crippen LogP contribution in [-0.2, 0) is 4.79 Å². The van der Waals surface area contributed by atoms with Crippen molar-refractivity contribution in [1.29, 1.82) is 0 Å². The van der Waals surface area contributed by atoms with Gasteiger partial charge in [-0.3, -0.25) is 0 Å². The predicted molar refractivity (Wildman–Crippen MR) is 75.5 cm³/mol. The molecule has 1 aromatic rings. The lowest BCUT2D eigenvalue weighted by molar-refractivity contribution is -0.140. The topological polar surface area (TPSA) is 78.4 Å². The summed E-state index contributed by atoms with van der Waals surface area (Å²) >= 11 is 0. The van der Waals surface area contributed by atoms with Crippen LogP contribution in [0.1, 0.15) is 31.7 Å². The molecule has 0 bridgehead atoms. The Morgan fingerprint density at radius 2 is 1.90 bits per heavy atom. The number of amides is 2. The van der Waals surface area contributed by atoms with Gasteiger partial charge in [-0.05, 0) is 17.9 Å². The van der Waals surface area contributed by atoms with Gasteiger partial charge in [0.15, 0.2) is 0 Å². The van der Waals surface area contributed by atoms with Crippen LogP contribution in [0.4, 0.5) is 4.79 Å². The molecule has 1 fully saturated rings. The number of carbonyl (C=O) groups excluding carboxylic acids is 1. The Kier molecular flexibility index (Phi) is 4.27. The first-order valence-electron chi connectivity index (χ1n) is 6.84. The maximum absolute atomic E-state index is 11.8. The lowest BCUT2D eigenvalue weighted by atomic mass is 10.1. The number of hydrogen-bond acceptors (Lipinski definition) is 2. The van der Waals surface area contributed by atoms with Gasteiger partial charge in [-0.1, -0.05) is 44.2 Å². The minimum absolute atomic E-state index is 0.0963. The zero-order valence-electron chi connectivity index (χ0n) is 11.7. The third-order valence-corrected chi connectivity index (χ3v) is 3.55. The molecule has 0 aromatic heterocycles. The molecule has 1 saturated carbocycles. The quantitative estimate of drug-likeness (QED) is 0.769. The highest BCUT2D eigenvalue weighted by atomic mass is 16.4. The summed E-state index contributed by atoms with van der Waals surface area (Å²) in [5.74, 6) is -0.822. The summed E-state index contributed by atoms with van der Waals surface area (Å²) in [6.45, 7) is 3.53. The Hall–Kier alpha value is -2.04. The first kappa shape index (κ1) is 14.4. The summed E-state index contributed by atoms with van der Waals surface area (Å²) in [4.78, 5) is 22.8. The van der Waals surface area contributed by atoms with Crippen LogP contribution in [0.5, 0.6) is 0 Å². The van der Waals surface area contributed by atoms with Gasteiger partial charge < -0.3 is 15.7 Å². The lowest BCUT2D eigenvalue weighted by Crippen LogP contribution is -2.49. The Labute approximate surface area is 118 Å². The summed E-state index contributed by atoms with van der Waals surface area (Å²) < 4.78 is 0. The molecule has 2 amide bonds. The van der Waals surface area contributed by atoms with Gasteiger partial charge in [-0.15, -0.1) is 0 Å². The predicted octanol–water partition coefficient (Wildman–Crippen LogP) is 1.95. The fraction of sp³-hybridized carbons (Fsp3) is 0.467. The van der Waals surface area contributed by atoms with E-state index in [9.17, 15) is 9.59 Å². The molecule has 3 N–H and O–H groups in total. The van der Waals surface area contributed by atoms with E-state index in [4.69, 9.17) is 5.11 Å². The molecule has 0 heterocycles. The van der Waals surface area contributed by atoms with Crippen molar-refractivity contribution < 1.29 is 14.7 Å². The van der Waals surface area contributed by atoms with Gasteiger partial charge in [0, 0.05) is 12.0 Å². The van der Waals surface area contributed by atoms with Crippen molar-refractivity contribution in [2.24, 2.45) is 5.92 Å². The molecule has 3 unspecified atom stereocenters. The molecule has 108 valence electrons. The van der Waals surface area contributed by atoms with Crippen LogP contribution < -0.4 is 10.6 Å². The summed E-state index contributed by atoms with van der Waals surface area (Å²) in [6.07, 6.45) is 0.900. The van der Waals surface area contributed by atoms with Gasteiger partial charge >= 0.3 is 12.0 Å². The van der Waals surface area contributed by atoms with Crippen LogP contribution in [0.15, 0.2) is 30.3 Å². The number of carboxylic acid groups (broad SMARTS) is 1. The molecule has 3 atom stereocenters. The van der Waals surface area contributed by atoms with E-state index in [2.05, 4.69) is 10.6 Å². The molecule has 0 radical (unpaired) electrons. The van der Waals surface area contributed by atoms with Crippen LogP contribution in [0.2, 0.25) is 0 Å². The molecule has 1 aliphatic carbocycles. The maximum Gasteiger partial charge on any atom is 0.326 e. The summed E-state index contributed by atoms with van der Waals surface area (Å²) in [5.41, 5.74) is 1.21. The Morgan fingerprint density at radius 1 is 1.25 bits per heavy atom. The van der Waals surface area contributed by atoms with Gasteiger partial charge in [0.1, 0.15) is 6.04 Å². The molecular formula is C15H20N2O3. The van der Waals surface area contributed by atoms with Crippen molar-refractivity contribution in [3.63, 3.8) is 0 Å². The van der Waals surface area contributed by atoms with E-state index in [1.807, 2.05) is 30.3 Å². The van der Waals surface area contributed by atoms with Crippen molar-refractivity contribution >= 4 is 12.0 Å². The highest BCUT2D eigenvalue weighted by Crippen LogP contribution is 2.40. The molecule has 2 rings (SSSR count). The number of nitrogens with one attached hydrogen (secondary N) is 2. The molecule has 0 spiro atoms. The first-order valence-corrected chi connectivity index (χ1v) is 6.84. The molecule has 5 nitrogen and oxygen atoms in total. The second kappa shape index (κ2) is 5.94. The monoisotopic (exact) mass is 276 g/mol. The van der Waals surface area contributed by atoms with Crippen molar-refractivity contribution in [3.8, 4) is 0 Å². The molecular weight excluding hydrogens is 256 g/mol. The second-order valence-corrected chi connectivity index (χ2v) is 5.54. The van der Waals surface area contributed by atoms with E-state index in [0.29, 0.717) is 5.92 Å². The molecule has 0 aliphatic heterocycles. The summed E-state index contributed by atoms with van der Waals surface area (Å²) in [6, 6.07) is 8.82. The maximum atomic E-state index is 11.8. The smallest absolute Gasteiger partial charge is 0.326 e. The molecule has 0 saturated heterocycles. The zero-order chi connectivity index (χ0) is 14.7. The number of hydrogen-bond donors (Lipinski definition) is 3. The van der Waals surface area contributed by atoms with Crippen LogP contribution in [0, 0.1) is 5.92 Å². The lowest BCUT2D eigenvalue weighted by Gasteiger charge is -2.18. The minimum Gasteiger partial charge on any atom is -0.480 e. The highest BCUT2D eigenvalue weighted by Gasteiger charge is 2.39. The highest BCUT2D eigenvalue weighted by molar-refractivity contribution is 5.83. The molecule has 5 heteroatoms. The van der Waals surface area contributed by atoms with Crippen LogP contribution in [0.3, 0.4) is 0 Å². The van der Waals surface area contributed by atoms with Gasteiger partial charge in [0.05, 0.1) is 0 Å². The van der Waals surface area contributed by atoms with E-state index in [1.54, 1.807) is 13.8 Å². The standard InChI is InChI=1S/C15H20N2O3/c1-9(2)13(14(18)19)17-15(20)16-12-8-11(12)10-6-4-3-5-7-10/h3-7,9,11-13H,8H2,1-2H3,(H,18,19)(H2,16,17,20). The third kappa shape index (κ3) is 3.50. The van der Waals surface area contributed by atoms with Gasteiger partial charge in [-0.2, -0.15) is 0 Å². The second-order valence-electron chi connectivity index (χ2n) is 5.54. The first-order chi connectivity index (χ1) is 9.49. The third-order valence-electron chi connectivity index (χ3n) is 3.55. The fourth-order valence-corrected chi connectivity index (χ4v) is 2.29. The number of rotatable bonds is 5. The van der Waals surface area contributed by atoms with E-state index in [-0.39, 0.29) is 12.0 Å². The Morgan fingerprint density at radius 3 is 2.45 bits per heavy atom. The van der Waals surface area contributed by atoms with E-state index < -0.39 is 18.0 Å². The van der Waals surface area contributed by atoms with E-state index in [0.717, 1.165) is 6.42 Å². The number of aliphatic carboxylic acids is 1. The van der Waals surface area contributed by atoms with Crippen molar-refractivity contribution in [2.45, 2.75) is 38.3 Å². The van der Waals surface area contributed by atoms with Crippen LogP contribution in [-0.4, -0.2) is 29.2 Å². The number of carboxylic acids is 1. The molecule has 20 heavy (non-hydrogen) atoms. The van der Waals surface area contributed by atoms with Gasteiger partial charge in [0.25, 0.3) is 0 Å². The van der Waals surface area contributed by atoms with E-state index >= 15 is 0 Å². The number of urea groups is 1. The Bertz CT molecular complexity index is 487. The van der Waals surface area contributed by atoms with Gasteiger partial charge in [-0.25, -0.2) is 9.59 Å². The SMILES string of the molecule is CC(C)C(NC(=O)NC1CC1c1ccccc1)C(=O)O. The average molecular weight is 276 g/mol. The summed E-state index contributed by atoms with van der Waals surface area (Å²) in [5, 5.41) is 14.4. The van der Waals surface area contributed by atoms with Crippen molar-refractivity contribution in [2.75, 3.05) is 0 Å². The minimum atomic E-state index is -1.01. The average Bonchev–Trinajstić information content (AvgIpc) is 3.15. The summed E-state index contributed by atoms with van der Waals surface area (Å²) in [7, 11) is 0. The van der Waals surface area contributed by atoms with Crippen molar-refractivity contribution in [3.05, 3.63) is 35.9 Å². The number of carbonyl (C=O) groups is 2. The normalized spacial score (nSPS) is 22.1. The Balaban J connectivity index is 1.83. The molecule has 1 aromatic carbocycles. The van der Waals surface area contributed by atoms with Crippen LogP contribution >= 0.6 is 0 Å². The van der Waals surface area contributed by atoms with Gasteiger partial charge in [0.2, 0.25) is 0 Å². The van der Waals surface area contributed by atoms with E-state index in [1.165, 1.54) is 5.56 Å². The van der Waals surface area contributed by atoms with Crippen LogP contribution in [0.25, 0.3) is 0 Å². The van der Waals surface area contributed by atoms with Crippen molar-refractivity contribution in [1.82, 2.24) is 10.6 Å². The molecule has 1 aliphatic rings. The number of benzene rings is 1. The largest absolute Gasteiger partial charge is 0.480 e. The zero-order valence-corrected chi connectivity index (χ0v) is 11.7.